The van der Waals surface area contributed by atoms with Crippen molar-refractivity contribution in [3.63, 3.8) is 0 Å². The second kappa shape index (κ2) is 7.90. The number of nitrogens with one attached hydrogen (secondary N) is 1. The number of nitrogens with two attached hydrogens (primary N) is 1. The molecule has 0 radical (unpaired) electrons. The highest BCUT2D eigenvalue weighted by atomic mass is 16.5. The van der Waals surface area contributed by atoms with Crippen LogP contribution in [0.25, 0.3) is 5.65 Å². The van der Waals surface area contributed by atoms with Crippen LogP contribution >= 0.6 is 0 Å². The third-order valence-electron chi connectivity index (χ3n) is 4.17. The second-order valence-electron chi connectivity index (χ2n) is 7.24. The summed E-state index contributed by atoms with van der Waals surface area (Å²) in [6.45, 7) is 4.02. The number of rotatable bonds is 7. The Morgan fingerprint density at radius 2 is 2.00 bits per heavy atom. The van der Waals surface area contributed by atoms with Gasteiger partial charge >= 0.3 is 0 Å². The number of carbonyl (C=O) groups excluding carboxylic acids is 1. The molecule has 1 atom stereocenters. The average molecular weight is 365 g/mol. The maximum Gasteiger partial charge on any atom is 0.240 e. The molecule has 2 heterocycles. The zero-order valence-corrected chi connectivity index (χ0v) is 15.8. The Hall–Kier alpha value is -2.71. The van der Waals surface area contributed by atoms with Crippen molar-refractivity contribution in [3.8, 4) is 0 Å². The predicted octanol–water partition coefficient (Wildman–Crippen LogP) is 0.0991. The number of nitrogens with zero attached hydrogens (tertiary/aromatic N) is 3. The molecule has 0 unspecified atom stereocenters. The molecule has 2 aromatic heterocycles. The van der Waals surface area contributed by atoms with Gasteiger partial charge in [0.05, 0.1) is 18.8 Å². The normalized spacial score (nSPS) is 12.9. The number of amides is 1. The fourth-order valence-electron chi connectivity index (χ4n) is 2.65. The molecule has 3 aromatic rings. The van der Waals surface area contributed by atoms with E-state index in [0.717, 1.165) is 11.0 Å². The van der Waals surface area contributed by atoms with E-state index in [1.807, 2.05) is 60.9 Å². The summed E-state index contributed by atoms with van der Waals surface area (Å²) < 4.78 is 7.73. The van der Waals surface area contributed by atoms with Gasteiger partial charge in [0.25, 0.3) is 0 Å². The fourth-order valence-corrected chi connectivity index (χ4v) is 2.65. The summed E-state index contributed by atoms with van der Waals surface area (Å²) in [6.07, 6.45) is 1.94. The number of carbonyl (C=O) groups is 1. The van der Waals surface area contributed by atoms with E-state index in [4.69, 9.17) is 10.5 Å². The van der Waals surface area contributed by atoms with Crippen molar-refractivity contribution in [1.29, 1.82) is 0 Å². The smallest absolute Gasteiger partial charge is 0.240 e. The van der Waals surface area contributed by atoms with Gasteiger partial charge in [0, 0.05) is 6.20 Å². The van der Waals surface area contributed by atoms with Crippen molar-refractivity contribution in [2.45, 2.75) is 32.0 Å². The van der Waals surface area contributed by atoms with E-state index in [-0.39, 0.29) is 12.5 Å². The Morgan fingerprint density at radius 3 is 2.70 bits per heavy atom. The van der Waals surface area contributed by atoms with Gasteiger partial charge in [0.15, 0.2) is 11.5 Å². The van der Waals surface area contributed by atoms with E-state index in [1.54, 1.807) is 13.8 Å². The summed E-state index contributed by atoms with van der Waals surface area (Å²) in [5, 5.41) is 11.4. The summed E-state index contributed by atoms with van der Waals surface area (Å²) in [7, 11) is 1.99. The SMILES string of the molecule is Bc1ccc2nnc([C@@H](COCc3ccccc3)NC(=O)C(C)(C)N)n2c1. The largest absolute Gasteiger partial charge is 0.374 e. The maximum atomic E-state index is 12.5. The molecule has 0 aliphatic heterocycles. The van der Waals surface area contributed by atoms with Crippen LogP contribution in [0.1, 0.15) is 31.3 Å². The Balaban J connectivity index is 1.82. The van der Waals surface area contributed by atoms with E-state index in [0.29, 0.717) is 18.1 Å². The number of pyridine rings is 1. The summed E-state index contributed by atoms with van der Waals surface area (Å²) in [4.78, 5) is 12.5. The molecule has 1 amide bonds. The lowest BCUT2D eigenvalue weighted by atomic mass is 9.99. The molecule has 0 saturated heterocycles. The van der Waals surface area contributed by atoms with E-state index in [2.05, 4.69) is 15.5 Å². The van der Waals surface area contributed by atoms with Crippen LogP contribution in [0.15, 0.2) is 48.7 Å². The van der Waals surface area contributed by atoms with Crippen molar-refractivity contribution in [1.82, 2.24) is 19.9 Å². The predicted molar refractivity (Wildman–Crippen MR) is 106 cm³/mol. The van der Waals surface area contributed by atoms with Gasteiger partial charge < -0.3 is 15.8 Å². The van der Waals surface area contributed by atoms with E-state index < -0.39 is 11.6 Å². The van der Waals surface area contributed by atoms with Gasteiger partial charge in [-0.1, -0.05) is 41.9 Å². The van der Waals surface area contributed by atoms with Gasteiger partial charge in [-0.3, -0.25) is 9.20 Å². The highest BCUT2D eigenvalue weighted by Gasteiger charge is 2.28. The minimum Gasteiger partial charge on any atom is -0.374 e. The highest BCUT2D eigenvalue weighted by molar-refractivity contribution is 6.32. The zero-order chi connectivity index (χ0) is 19.4. The molecule has 27 heavy (non-hydrogen) atoms. The van der Waals surface area contributed by atoms with E-state index >= 15 is 0 Å². The molecular formula is C19H24BN5O2. The van der Waals surface area contributed by atoms with E-state index in [9.17, 15) is 4.79 Å². The molecular weight excluding hydrogens is 341 g/mol. The second-order valence-corrected chi connectivity index (χ2v) is 7.24. The minimum absolute atomic E-state index is 0.255. The van der Waals surface area contributed by atoms with Crippen LogP contribution < -0.4 is 16.5 Å². The number of hydrogen-bond donors (Lipinski definition) is 2. The molecule has 7 nitrogen and oxygen atoms in total. The Labute approximate surface area is 159 Å². The molecule has 0 spiro atoms. The lowest BCUT2D eigenvalue weighted by Gasteiger charge is -2.23. The molecule has 0 bridgehead atoms. The Bertz CT molecular complexity index is 921. The summed E-state index contributed by atoms with van der Waals surface area (Å²) in [6, 6.07) is 13.3. The number of hydrogen-bond acceptors (Lipinski definition) is 5. The van der Waals surface area contributed by atoms with Gasteiger partial charge in [0.2, 0.25) is 5.91 Å². The van der Waals surface area contributed by atoms with Crippen LogP contribution in [-0.2, 0) is 16.1 Å². The molecule has 3 N–H and O–H groups in total. The molecule has 140 valence electrons. The van der Waals surface area contributed by atoms with Crippen LogP contribution in [-0.4, -0.2) is 40.5 Å². The van der Waals surface area contributed by atoms with Crippen LogP contribution in [0.4, 0.5) is 0 Å². The number of fused-ring (bicyclic) bond motifs is 1. The van der Waals surface area contributed by atoms with E-state index in [1.165, 1.54) is 0 Å². The van der Waals surface area contributed by atoms with Gasteiger partial charge in [0.1, 0.15) is 13.9 Å². The van der Waals surface area contributed by atoms with Crippen LogP contribution in [0.3, 0.4) is 0 Å². The van der Waals surface area contributed by atoms with Crippen molar-refractivity contribution < 1.29 is 9.53 Å². The lowest BCUT2D eigenvalue weighted by molar-refractivity contribution is -0.126. The summed E-state index contributed by atoms with van der Waals surface area (Å²) in [5.41, 5.74) is 7.78. The van der Waals surface area contributed by atoms with Crippen LogP contribution in [0, 0.1) is 0 Å². The lowest BCUT2D eigenvalue weighted by Crippen LogP contribution is -2.51. The third-order valence-corrected chi connectivity index (χ3v) is 4.17. The quantitative estimate of drug-likeness (QED) is 0.579. The molecule has 0 fully saturated rings. The molecule has 1 aromatic carbocycles. The molecule has 8 heteroatoms. The van der Waals surface area contributed by atoms with Crippen molar-refractivity contribution in [3.05, 3.63) is 60.0 Å². The Kier molecular flexibility index (Phi) is 5.58. The molecule has 0 aliphatic rings. The number of aromatic nitrogens is 3. The van der Waals surface area contributed by atoms with Crippen molar-refractivity contribution in [2.75, 3.05) is 6.61 Å². The van der Waals surface area contributed by atoms with Gasteiger partial charge in [-0.15, -0.1) is 10.2 Å². The fraction of sp³-hybridized carbons (Fsp3) is 0.316. The zero-order valence-electron chi connectivity index (χ0n) is 15.8. The topological polar surface area (TPSA) is 94.5 Å². The maximum absolute atomic E-state index is 12.5. The van der Waals surface area contributed by atoms with Crippen LogP contribution in [0.2, 0.25) is 0 Å². The first-order valence-electron chi connectivity index (χ1n) is 8.87. The third kappa shape index (κ3) is 4.72. The first-order chi connectivity index (χ1) is 12.8. The first-order valence-corrected chi connectivity index (χ1v) is 8.87. The minimum atomic E-state index is -1.01. The molecule has 0 aliphatic carbocycles. The van der Waals surface area contributed by atoms with Crippen molar-refractivity contribution in [2.24, 2.45) is 5.73 Å². The molecule has 0 saturated carbocycles. The van der Waals surface area contributed by atoms with Gasteiger partial charge in [-0.05, 0) is 25.5 Å². The highest BCUT2D eigenvalue weighted by Crippen LogP contribution is 2.15. The van der Waals surface area contributed by atoms with Gasteiger partial charge in [-0.25, -0.2) is 0 Å². The average Bonchev–Trinajstić information content (AvgIpc) is 3.03. The monoisotopic (exact) mass is 365 g/mol. The van der Waals surface area contributed by atoms with Crippen LogP contribution in [0.5, 0.6) is 0 Å². The Morgan fingerprint density at radius 1 is 1.26 bits per heavy atom. The number of benzene rings is 1. The standard InChI is InChI=1S/C19H24BN5O2/c1-19(2,21)18(26)22-15(12-27-11-13-6-4-3-5-7-13)17-24-23-16-9-8-14(20)10-25(16)17/h3-10,15H,11-12,20-21H2,1-2H3,(H,22,26)/t15-/m1/s1. The molecule has 3 rings (SSSR count). The van der Waals surface area contributed by atoms with Crippen molar-refractivity contribution >= 4 is 24.9 Å². The number of ether oxygens (including phenoxy) is 1. The summed E-state index contributed by atoms with van der Waals surface area (Å²) in [5.74, 6) is 0.333. The van der Waals surface area contributed by atoms with Gasteiger partial charge in [-0.2, -0.15) is 0 Å². The summed E-state index contributed by atoms with van der Waals surface area (Å²) >= 11 is 0. The first kappa shape index (κ1) is 19.1.